The highest BCUT2D eigenvalue weighted by Gasteiger charge is 2.43. The lowest BCUT2D eigenvalue weighted by atomic mass is 9.92. The van der Waals surface area contributed by atoms with Crippen molar-refractivity contribution in [3.05, 3.63) is 0 Å². The second-order valence-electron chi connectivity index (χ2n) is 6.00. The first kappa shape index (κ1) is 13.4. The van der Waals surface area contributed by atoms with Gasteiger partial charge in [0.2, 0.25) is 5.91 Å². The number of hydrogen-bond donors (Lipinski definition) is 1. The molecular weight excluding hydrogens is 230 g/mol. The van der Waals surface area contributed by atoms with E-state index < -0.39 is 11.9 Å². The maximum atomic E-state index is 12.5. The van der Waals surface area contributed by atoms with E-state index in [9.17, 15) is 14.7 Å². The van der Waals surface area contributed by atoms with Crippen LogP contribution in [0.1, 0.15) is 46.0 Å². The quantitative estimate of drug-likeness (QED) is 0.820. The van der Waals surface area contributed by atoms with Crippen molar-refractivity contribution in [1.82, 2.24) is 4.90 Å². The van der Waals surface area contributed by atoms with Crippen molar-refractivity contribution < 1.29 is 14.7 Å². The first-order chi connectivity index (χ1) is 8.50. The summed E-state index contributed by atoms with van der Waals surface area (Å²) in [5.74, 6) is -1.14. The Balaban J connectivity index is 2.09. The summed E-state index contributed by atoms with van der Waals surface area (Å²) in [6.45, 7) is 4.92. The molecule has 1 saturated heterocycles. The monoisotopic (exact) mass is 253 g/mol. The third-order valence-corrected chi connectivity index (χ3v) is 4.52. The Labute approximate surface area is 108 Å². The molecule has 1 aliphatic heterocycles. The van der Waals surface area contributed by atoms with E-state index in [0.29, 0.717) is 12.3 Å². The molecule has 1 amide bonds. The molecule has 18 heavy (non-hydrogen) atoms. The molecule has 4 nitrogen and oxygen atoms in total. The number of carboxylic acid groups (broad SMARTS) is 1. The van der Waals surface area contributed by atoms with Gasteiger partial charge in [-0.1, -0.05) is 6.92 Å². The van der Waals surface area contributed by atoms with Crippen molar-refractivity contribution in [1.29, 1.82) is 0 Å². The molecule has 0 radical (unpaired) electrons. The summed E-state index contributed by atoms with van der Waals surface area (Å²) < 4.78 is 0. The normalized spacial score (nSPS) is 36.7. The molecule has 1 N–H and O–H groups in total. The van der Waals surface area contributed by atoms with Gasteiger partial charge in [-0.15, -0.1) is 0 Å². The average molecular weight is 253 g/mol. The zero-order valence-electron chi connectivity index (χ0n) is 11.3. The standard InChI is InChI=1S/C14H23NO3/c1-9-7-11(12(8-9)14(17)18)13(16)15-6-4-3-5-10(15)2/h9-12H,3-8H2,1-2H3,(H,17,18). The molecule has 4 heteroatoms. The Hall–Kier alpha value is -1.06. The fourth-order valence-corrected chi connectivity index (χ4v) is 3.48. The number of rotatable bonds is 2. The first-order valence-electron chi connectivity index (χ1n) is 7.04. The van der Waals surface area contributed by atoms with Gasteiger partial charge in [-0.25, -0.2) is 0 Å². The number of hydrogen-bond acceptors (Lipinski definition) is 2. The van der Waals surface area contributed by atoms with Crippen LogP contribution in [0.3, 0.4) is 0 Å². The highest BCUT2D eigenvalue weighted by Crippen LogP contribution is 2.38. The molecule has 2 fully saturated rings. The molecule has 0 aromatic heterocycles. The summed E-state index contributed by atoms with van der Waals surface area (Å²) in [7, 11) is 0. The average Bonchev–Trinajstić information content (AvgIpc) is 2.71. The fourth-order valence-electron chi connectivity index (χ4n) is 3.48. The van der Waals surface area contributed by atoms with Gasteiger partial charge >= 0.3 is 5.97 Å². The van der Waals surface area contributed by atoms with Gasteiger partial charge in [0.1, 0.15) is 0 Å². The van der Waals surface area contributed by atoms with Crippen molar-refractivity contribution in [3.63, 3.8) is 0 Å². The largest absolute Gasteiger partial charge is 0.481 e. The predicted octanol–water partition coefficient (Wildman–Crippen LogP) is 2.13. The van der Waals surface area contributed by atoms with E-state index in [1.54, 1.807) is 0 Å². The summed E-state index contributed by atoms with van der Waals surface area (Å²) >= 11 is 0. The number of carbonyl (C=O) groups excluding carboxylic acids is 1. The molecule has 2 aliphatic rings. The second kappa shape index (κ2) is 5.29. The lowest BCUT2D eigenvalue weighted by molar-refractivity contribution is -0.150. The number of carboxylic acids is 1. The van der Waals surface area contributed by atoms with Crippen LogP contribution in [0.2, 0.25) is 0 Å². The van der Waals surface area contributed by atoms with E-state index in [1.807, 2.05) is 11.8 Å². The summed E-state index contributed by atoms with van der Waals surface area (Å²) in [4.78, 5) is 25.7. The third-order valence-electron chi connectivity index (χ3n) is 4.52. The zero-order valence-corrected chi connectivity index (χ0v) is 11.3. The Bertz CT molecular complexity index is 342. The van der Waals surface area contributed by atoms with Gasteiger partial charge in [0.15, 0.2) is 0 Å². The van der Waals surface area contributed by atoms with E-state index in [4.69, 9.17) is 0 Å². The highest BCUT2D eigenvalue weighted by atomic mass is 16.4. The number of amides is 1. The molecule has 2 rings (SSSR count). The van der Waals surface area contributed by atoms with Gasteiger partial charge in [0.25, 0.3) is 0 Å². The Morgan fingerprint density at radius 1 is 1.11 bits per heavy atom. The van der Waals surface area contributed by atoms with Crippen LogP contribution in [0.25, 0.3) is 0 Å². The van der Waals surface area contributed by atoms with E-state index in [2.05, 4.69) is 6.92 Å². The second-order valence-corrected chi connectivity index (χ2v) is 6.00. The summed E-state index contributed by atoms with van der Waals surface area (Å²) in [6, 6.07) is 0.275. The molecule has 1 aliphatic carbocycles. The fraction of sp³-hybridized carbons (Fsp3) is 0.857. The van der Waals surface area contributed by atoms with Crippen LogP contribution in [0, 0.1) is 17.8 Å². The van der Waals surface area contributed by atoms with Crippen molar-refractivity contribution in [2.75, 3.05) is 6.54 Å². The van der Waals surface area contributed by atoms with Crippen LogP contribution in [-0.2, 0) is 9.59 Å². The molecule has 0 spiro atoms. The van der Waals surface area contributed by atoms with Gasteiger partial charge < -0.3 is 10.0 Å². The van der Waals surface area contributed by atoms with Crippen molar-refractivity contribution in [3.8, 4) is 0 Å². The van der Waals surface area contributed by atoms with Crippen LogP contribution in [0.15, 0.2) is 0 Å². The SMILES string of the molecule is CC1CC(C(=O)O)C(C(=O)N2CCCCC2C)C1. The number of piperidine rings is 1. The number of aliphatic carboxylic acids is 1. The lowest BCUT2D eigenvalue weighted by Gasteiger charge is -2.36. The molecule has 0 aromatic rings. The molecule has 4 unspecified atom stereocenters. The van der Waals surface area contributed by atoms with Gasteiger partial charge in [0, 0.05) is 12.6 Å². The first-order valence-corrected chi connectivity index (χ1v) is 7.04. The summed E-state index contributed by atoms with van der Waals surface area (Å²) in [5, 5.41) is 9.24. The van der Waals surface area contributed by atoms with Gasteiger partial charge in [-0.2, -0.15) is 0 Å². The lowest BCUT2D eigenvalue weighted by Crippen LogP contribution is -2.46. The van der Waals surface area contributed by atoms with Gasteiger partial charge in [-0.3, -0.25) is 9.59 Å². The molecule has 0 bridgehead atoms. The Kier molecular flexibility index (Phi) is 3.93. The van der Waals surface area contributed by atoms with Crippen molar-refractivity contribution in [2.45, 2.75) is 52.0 Å². The summed E-state index contributed by atoms with van der Waals surface area (Å²) in [5.41, 5.74) is 0. The predicted molar refractivity (Wildman–Crippen MR) is 68.0 cm³/mol. The Morgan fingerprint density at radius 2 is 1.78 bits per heavy atom. The third kappa shape index (κ3) is 2.52. The van der Waals surface area contributed by atoms with Gasteiger partial charge in [-0.05, 0) is 44.9 Å². The van der Waals surface area contributed by atoms with E-state index >= 15 is 0 Å². The minimum atomic E-state index is -0.803. The minimum absolute atomic E-state index is 0.0824. The van der Waals surface area contributed by atoms with Crippen molar-refractivity contribution in [2.24, 2.45) is 17.8 Å². The van der Waals surface area contributed by atoms with E-state index in [-0.39, 0.29) is 17.9 Å². The van der Waals surface area contributed by atoms with Crippen LogP contribution in [-0.4, -0.2) is 34.5 Å². The maximum absolute atomic E-state index is 12.5. The number of likely N-dealkylation sites (tertiary alicyclic amines) is 1. The molecule has 4 atom stereocenters. The van der Waals surface area contributed by atoms with Crippen molar-refractivity contribution >= 4 is 11.9 Å². The van der Waals surface area contributed by atoms with Crippen LogP contribution in [0.5, 0.6) is 0 Å². The highest BCUT2D eigenvalue weighted by molar-refractivity contribution is 5.85. The molecule has 0 aromatic carbocycles. The molecule has 102 valence electrons. The molecule has 1 saturated carbocycles. The molecular formula is C14H23NO3. The van der Waals surface area contributed by atoms with Crippen LogP contribution in [0.4, 0.5) is 0 Å². The van der Waals surface area contributed by atoms with E-state index in [0.717, 1.165) is 25.8 Å². The number of nitrogens with zero attached hydrogens (tertiary/aromatic N) is 1. The maximum Gasteiger partial charge on any atom is 0.307 e. The number of carbonyl (C=O) groups is 2. The van der Waals surface area contributed by atoms with E-state index in [1.165, 1.54) is 6.42 Å². The Morgan fingerprint density at radius 3 is 2.39 bits per heavy atom. The topological polar surface area (TPSA) is 57.6 Å². The van der Waals surface area contributed by atoms with Gasteiger partial charge in [0.05, 0.1) is 11.8 Å². The zero-order chi connectivity index (χ0) is 13.3. The summed E-state index contributed by atoms with van der Waals surface area (Å²) in [6.07, 6.45) is 4.66. The minimum Gasteiger partial charge on any atom is -0.481 e. The smallest absolute Gasteiger partial charge is 0.307 e. The van der Waals surface area contributed by atoms with Crippen LogP contribution >= 0.6 is 0 Å². The molecule has 1 heterocycles. The van der Waals surface area contributed by atoms with Crippen LogP contribution < -0.4 is 0 Å².